The Bertz CT molecular complexity index is 637. The van der Waals surface area contributed by atoms with E-state index in [1.807, 2.05) is 19.1 Å². The summed E-state index contributed by atoms with van der Waals surface area (Å²) < 4.78 is 0. The fraction of sp³-hybridized carbons (Fsp3) is 0.0769. The van der Waals surface area contributed by atoms with Gasteiger partial charge in [0.25, 0.3) is 5.91 Å². The molecule has 1 aromatic heterocycles. The fourth-order valence-electron chi connectivity index (χ4n) is 1.38. The molecule has 1 heterocycles. The van der Waals surface area contributed by atoms with Gasteiger partial charge in [0.15, 0.2) is 0 Å². The van der Waals surface area contributed by atoms with Crippen LogP contribution in [0.5, 0.6) is 0 Å². The van der Waals surface area contributed by atoms with E-state index in [1.165, 1.54) is 10.9 Å². The molecule has 98 valence electrons. The average Bonchev–Trinajstić information content (AvgIpc) is 2.78. The van der Waals surface area contributed by atoms with Gasteiger partial charge in [0.05, 0.1) is 16.3 Å². The monoisotopic (exact) mass is 312 g/mol. The molecule has 2 rings (SSSR count). The number of rotatable bonds is 3. The summed E-state index contributed by atoms with van der Waals surface area (Å²) in [5.74, 6) is -0.330. The Labute approximate surface area is 124 Å². The van der Waals surface area contributed by atoms with Crippen LogP contribution in [0.2, 0.25) is 10.0 Å². The quantitative estimate of drug-likeness (QED) is 0.672. The lowest BCUT2D eigenvalue weighted by molar-refractivity contribution is 0.0955. The molecule has 2 aromatic rings. The summed E-state index contributed by atoms with van der Waals surface area (Å²) >= 11 is 13.2. The maximum Gasteiger partial charge on any atom is 0.271 e. The fourth-order valence-corrected chi connectivity index (χ4v) is 2.43. The van der Waals surface area contributed by atoms with E-state index >= 15 is 0 Å². The van der Waals surface area contributed by atoms with Crippen molar-refractivity contribution in [2.45, 2.75) is 6.92 Å². The zero-order valence-corrected chi connectivity index (χ0v) is 12.3. The summed E-state index contributed by atoms with van der Waals surface area (Å²) in [6.45, 7) is 2.01. The Morgan fingerprint density at radius 1 is 1.26 bits per heavy atom. The minimum Gasteiger partial charge on any atom is -0.267 e. The summed E-state index contributed by atoms with van der Waals surface area (Å²) in [4.78, 5) is 14.0. The molecule has 3 nitrogen and oxygen atoms in total. The molecule has 1 aromatic carbocycles. The number of thiophene rings is 1. The number of aryl methyl sites for hydroxylation is 1. The zero-order valence-electron chi connectivity index (χ0n) is 9.98. The van der Waals surface area contributed by atoms with Crippen molar-refractivity contribution < 1.29 is 4.79 Å². The van der Waals surface area contributed by atoms with Crippen molar-refractivity contribution in [1.29, 1.82) is 0 Å². The van der Waals surface area contributed by atoms with Gasteiger partial charge in [-0.1, -0.05) is 23.2 Å². The number of nitrogens with one attached hydrogen (secondary N) is 1. The van der Waals surface area contributed by atoms with Crippen LogP contribution in [0.3, 0.4) is 0 Å². The van der Waals surface area contributed by atoms with Crippen LogP contribution in [0.1, 0.15) is 20.1 Å². The molecule has 0 spiro atoms. The van der Waals surface area contributed by atoms with Crippen molar-refractivity contribution in [2.24, 2.45) is 5.10 Å². The Morgan fingerprint density at radius 2 is 2.05 bits per heavy atom. The van der Waals surface area contributed by atoms with Gasteiger partial charge in [-0.3, -0.25) is 4.79 Å². The first-order valence-corrected chi connectivity index (χ1v) is 6.98. The molecule has 0 aliphatic rings. The summed E-state index contributed by atoms with van der Waals surface area (Å²) in [5, 5.41) is 4.65. The molecule has 6 heteroatoms. The van der Waals surface area contributed by atoms with Crippen LogP contribution in [0.15, 0.2) is 35.4 Å². The van der Waals surface area contributed by atoms with E-state index in [4.69, 9.17) is 23.2 Å². The standard InChI is InChI=1S/C13H10Cl2N2OS/c1-8-2-4-10(19-8)7-16-17-13(18)9-3-5-11(14)12(15)6-9/h2-7H,1H3,(H,17,18)/b16-7+. The highest BCUT2D eigenvalue weighted by Crippen LogP contribution is 2.22. The number of hydrazone groups is 1. The Balaban J connectivity index is 2.01. The van der Waals surface area contributed by atoms with Crippen molar-refractivity contribution in [3.05, 3.63) is 55.7 Å². The number of carbonyl (C=O) groups excluding carboxylic acids is 1. The summed E-state index contributed by atoms with van der Waals surface area (Å²) in [6.07, 6.45) is 1.60. The minimum atomic E-state index is -0.330. The largest absolute Gasteiger partial charge is 0.271 e. The molecule has 0 bridgehead atoms. The van der Waals surface area contributed by atoms with Gasteiger partial charge in [-0.15, -0.1) is 11.3 Å². The molecular weight excluding hydrogens is 303 g/mol. The lowest BCUT2D eigenvalue weighted by Crippen LogP contribution is -2.17. The molecule has 1 N–H and O–H groups in total. The SMILES string of the molecule is Cc1ccc(/C=N/NC(=O)c2ccc(Cl)c(Cl)c2)s1. The van der Waals surface area contributed by atoms with E-state index in [0.29, 0.717) is 15.6 Å². The maximum atomic E-state index is 11.8. The third-order valence-electron chi connectivity index (χ3n) is 2.30. The second kappa shape index (κ2) is 6.19. The number of hydrogen-bond acceptors (Lipinski definition) is 3. The highest BCUT2D eigenvalue weighted by atomic mass is 35.5. The number of halogens is 2. The van der Waals surface area contributed by atoms with Crippen molar-refractivity contribution in [3.8, 4) is 0 Å². The van der Waals surface area contributed by atoms with E-state index < -0.39 is 0 Å². The van der Waals surface area contributed by atoms with Crippen LogP contribution < -0.4 is 5.43 Å². The first-order valence-electron chi connectivity index (χ1n) is 5.41. The molecule has 0 saturated heterocycles. The van der Waals surface area contributed by atoms with Crippen molar-refractivity contribution >= 4 is 46.7 Å². The third kappa shape index (κ3) is 3.80. The third-order valence-corrected chi connectivity index (χ3v) is 3.98. The summed E-state index contributed by atoms with van der Waals surface area (Å²) in [5.41, 5.74) is 2.85. The Hall–Kier alpha value is -1.36. The molecule has 19 heavy (non-hydrogen) atoms. The Kier molecular flexibility index (Phi) is 4.58. The van der Waals surface area contributed by atoms with Crippen molar-refractivity contribution in [1.82, 2.24) is 5.43 Å². The minimum absolute atomic E-state index is 0.330. The average molecular weight is 313 g/mol. The van der Waals surface area contributed by atoms with Gasteiger partial charge in [0.1, 0.15) is 0 Å². The zero-order chi connectivity index (χ0) is 13.8. The van der Waals surface area contributed by atoms with Gasteiger partial charge < -0.3 is 0 Å². The highest BCUT2D eigenvalue weighted by Gasteiger charge is 2.06. The Morgan fingerprint density at radius 3 is 2.68 bits per heavy atom. The van der Waals surface area contributed by atoms with Crippen LogP contribution in [0.25, 0.3) is 0 Å². The molecule has 0 unspecified atom stereocenters. The van der Waals surface area contributed by atoms with Crippen LogP contribution in [-0.2, 0) is 0 Å². The van der Waals surface area contributed by atoms with Crippen molar-refractivity contribution in [2.75, 3.05) is 0 Å². The number of amides is 1. The van der Waals surface area contributed by atoms with Gasteiger partial charge in [-0.05, 0) is 37.3 Å². The molecule has 0 saturated carbocycles. The molecule has 0 radical (unpaired) electrons. The highest BCUT2D eigenvalue weighted by molar-refractivity contribution is 7.13. The smallest absolute Gasteiger partial charge is 0.267 e. The van der Waals surface area contributed by atoms with E-state index in [0.717, 1.165) is 4.88 Å². The summed E-state index contributed by atoms with van der Waals surface area (Å²) in [6, 6.07) is 8.60. The predicted octanol–water partition coefficient (Wildman–Crippen LogP) is 4.13. The normalized spacial score (nSPS) is 10.9. The van der Waals surface area contributed by atoms with E-state index in [1.54, 1.807) is 29.7 Å². The van der Waals surface area contributed by atoms with Gasteiger partial charge in [0.2, 0.25) is 0 Å². The van der Waals surface area contributed by atoms with Crippen molar-refractivity contribution in [3.63, 3.8) is 0 Å². The van der Waals surface area contributed by atoms with Crippen LogP contribution in [0, 0.1) is 6.92 Å². The topological polar surface area (TPSA) is 41.5 Å². The lowest BCUT2D eigenvalue weighted by atomic mass is 10.2. The maximum absolute atomic E-state index is 11.8. The van der Waals surface area contributed by atoms with E-state index in [9.17, 15) is 4.79 Å². The number of carbonyl (C=O) groups is 1. The number of hydrogen-bond donors (Lipinski definition) is 1. The van der Waals surface area contributed by atoms with Gasteiger partial charge in [-0.25, -0.2) is 5.43 Å². The molecule has 0 aliphatic heterocycles. The summed E-state index contributed by atoms with van der Waals surface area (Å²) in [7, 11) is 0. The molecule has 0 aliphatic carbocycles. The van der Waals surface area contributed by atoms with Gasteiger partial charge in [-0.2, -0.15) is 5.10 Å². The van der Waals surface area contributed by atoms with E-state index in [2.05, 4.69) is 10.5 Å². The van der Waals surface area contributed by atoms with Gasteiger partial charge >= 0.3 is 0 Å². The van der Waals surface area contributed by atoms with Gasteiger partial charge in [0, 0.05) is 15.3 Å². The van der Waals surface area contributed by atoms with E-state index in [-0.39, 0.29) is 5.91 Å². The first kappa shape index (κ1) is 14.1. The first-order chi connectivity index (χ1) is 9.06. The molecular formula is C13H10Cl2N2OS. The number of nitrogens with zero attached hydrogens (tertiary/aromatic N) is 1. The molecule has 1 amide bonds. The second-order valence-corrected chi connectivity index (χ2v) is 5.91. The van der Waals surface area contributed by atoms with Crippen LogP contribution in [0.4, 0.5) is 0 Å². The molecule has 0 atom stereocenters. The lowest BCUT2D eigenvalue weighted by Gasteiger charge is -2.01. The second-order valence-electron chi connectivity index (χ2n) is 3.78. The predicted molar refractivity (Wildman–Crippen MR) is 80.6 cm³/mol. The molecule has 0 fully saturated rings. The van der Waals surface area contributed by atoms with Crippen LogP contribution in [-0.4, -0.2) is 12.1 Å². The van der Waals surface area contributed by atoms with Crippen LogP contribution >= 0.6 is 34.5 Å². The number of benzene rings is 1.